The third-order valence-corrected chi connectivity index (χ3v) is 5.69. The van der Waals surface area contributed by atoms with Gasteiger partial charge in [-0.05, 0) is 50.7 Å². The molecule has 2 aliphatic rings. The lowest BCUT2D eigenvalue weighted by Crippen LogP contribution is -2.44. The van der Waals surface area contributed by atoms with E-state index in [1.807, 2.05) is 7.05 Å². The summed E-state index contributed by atoms with van der Waals surface area (Å²) < 4.78 is 38.0. The SMILES string of the molecule is CN1CCC2(CC1)CN(Cc1ccc(C(F)(F)F)cc1)CC2C(=O)O.Cl.Cl. The van der Waals surface area contributed by atoms with E-state index in [9.17, 15) is 23.1 Å². The average Bonchev–Trinajstić information content (AvgIpc) is 2.88. The fraction of sp³-hybridized carbons (Fsp3) is 0.611. The highest BCUT2D eigenvalue weighted by Crippen LogP contribution is 2.45. The first-order valence-electron chi connectivity index (χ1n) is 8.49. The molecule has 1 unspecified atom stereocenters. The minimum Gasteiger partial charge on any atom is -0.481 e. The molecule has 2 fully saturated rings. The Hall–Kier alpha value is -1.02. The van der Waals surface area contributed by atoms with Crippen molar-refractivity contribution in [2.24, 2.45) is 11.3 Å². The van der Waals surface area contributed by atoms with Gasteiger partial charge >= 0.3 is 12.1 Å². The maximum atomic E-state index is 12.7. The molecular formula is C18H25Cl2F3N2O2. The summed E-state index contributed by atoms with van der Waals surface area (Å²) in [6, 6.07) is 5.15. The Balaban J connectivity index is 0.00000182. The lowest BCUT2D eigenvalue weighted by Gasteiger charge is -2.40. The quantitative estimate of drug-likeness (QED) is 0.795. The van der Waals surface area contributed by atoms with E-state index in [0.29, 0.717) is 19.6 Å². The molecule has 154 valence electrons. The molecule has 0 saturated carbocycles. The van der Waals surface area contributed by atoms with Gasteiger partial charge in [0.1, 0.15) is 0 Å². The number of hydrogen-bond acceptors (Lipinski definition) is 3. The van der Waals surface area contributed by atoms with Crippen molar-refractivity contribution in [1.82, 2.24) is 9.80 Å². The summed E-state index contributed by atoms with van der Waals surface area (Å²) in [4.78, 5) is 16.0. The van der Waals surface area contributed by atoms with E-state index in [0.717, 1.165) is 43.6 Å². The Kier molecular flexibility index (Phi) is 7.99. The molecule has 0 amide bonds. The number of carboxylic acids is 1. The zero-order valence-electron chi connectivity index (χ0n) is 15.0. The van der Waals surface area contributed by atoms with E-state index in [4.69, 9.17) is 0 Å². The summed E-state index contributed by atoms with van der Waals surface area (Å²) in [7, 11) is 2.04. The molecule has 4 nitrogen and oxygen atoms in total. The molecular weight excluding hydrogens is 404 g/mol. The molecule has 1 N–H and O–H groups in total. The molecule has 2 saturated heterocycles. The summed E-state index contributed by atoms with van der Waals surface area (Å²) in [5.41, 5.74) is -0.0976. The smallest absolute Gasteiger partial charge is 0.416 e. The average molecular weight is 429 g/mol. The highest BCUT2D eigenvalue weighted by atomic mass is 35.5. The summed E-state index contributed by atoms with van der Waals surface area (Å²) in [6.07, 6.45) is -2.63. The fourth-order valence-corrected chi connectivity index (χ4v) is 4.16. The number of rotatable bonds is 3. The van der Waals surface area contributed by atoms with Gasteiger partial charge in [-0.2, -0.15) is 13.2 Å². The standard InChI is InChI=1S/C18H23F3N2O2.2ClH/c1-22-8-6-17(7-9-22)12-23(11-15(17)16(24)25)10-13-2-4-14(5-3-13)18(19,20)21;;/h2-5,15H,6-12H2,1H3,(H,24,25);2*1H. The van der Waals surface area contributed by atoms with Gasteiger partial charge in [-0.15, -0.1) is 24.8 Å². The van der Waals surface area contributed by atoms with Crippen molar-refractivity contribution in [3.63, 3.8) is 0 Å². The van der Waals surface area contributed by atoms with Crippen molar-refractivity contribution in [2.45, 2.75) is 25.6 Å². The van der Waals surface area contributed by atoms with Crippen LogP contribution in [0.15, 0.2) is 24.3 Å². The predicted molar refractivity (Wildman–Crippen MR) is 102 cm³/mol. The van der Waals surface area contributed by atoms with Gasteiger partial charge in [-0.25, -0.2) is 0 Å². The van der Waals surface area contributed by atoms with Gasteiger partial charge in [-0.1, -0.05) is 12.1 Å². The zero-order valence-corrected chi connectivity index (χ0v) is 16.7. The van der Waals surface area contributed by atoms with Crippen LogP contribution in [0.25, 0.3) is 0 Å². The number of hydrogen-bond donors (Lipinski definition) is 1. The van der Waals surface area contributed by atoms with Crippen molar-refractivity contribution in [3.8, 4) is 0 Å². The van der Waals surface area contributed by atoms with Crippen LogP contribution in [0.4, 0.5) is 13.2 Å². The number of nitrogens with zero attached hydrogens (tertiary/aromatic N) is 2. The van der Waals surface area contributed by atoms with Crippen LogP contribution in [0.5, 0.6) is 0 Å². The van der Waals surface area contributed by atoms with Gasteiger partial charge in [0, 0.05) is 25.0 Å². The number of aliphatic carboxylic acids is 1. The molecule has 1 spiro atoms. The largest absolute Gasteiger partial charge is 0.481 e. The second-order valence-corrected chi connectivity index (χ2v) is 7.42. The maximum Gasteiger partial charge on any atom is 0.416 e. The van der Waals surface area contributed by atoms with Crippen LogP contribution in [0.1, 0.15) is 24.0 Å². The lowest BCUT2D eigenvalue weighted by atomic mass is 9.71. The van der Waals surface area contributed by atoms with Crippen molar-refractivity contribution < 1.29 is 23.1 Å². The Morgan fingerprint density at radius 1 is 1.19 bits per heavy atom. The van der Waals surface area contributed by atoms with Crippen molar-refractivity contribution in [1.29, 1.82) is 0 Å². The van der Waals surface area contributed by atoms with Crippen LogP contribution in [0, 0.1) is 11.3 Å². The normalized spacial score (nSPS) is 22.9. The van der Waals surface area contributed by atoms with Crippen molar-refractivity contribution in [2.75, 3.05) is 33.2 Å². The van der Waals surface area contributed by atoms with Crippen LogP contribution in [0.2, 0.25) is 0 Å². The Labute approximate surface area is 169 Å². The van der Waals surface area contributed by atoms with E-state index >= 15 is 0 Å². The van der Waals surface area contributed by atoms with Crippen LogP contribution in [-0.4, -0.2) is 54.1 Å². The number of carboxylic acid groups (broad SMARTS) is 1. The van der Waals surface area contributed by atoms with Gasteiger partial charge in [0.2, 0.25) is 0 Å². The van der Waals surface area contributed by atoms with E-state index in [1.54, 1.807) is 0 Å². The number of likely N-dealkylation sites (tertiary alicyclic amines) is 2. The van der Waals surface area contributed by atoms with Gasteiger partial charge in [-0.3, -0.25) is 9.69 Å². The minimum atomic E-state index is -4.33. The van der Waals surface area contributed by atoms with Crippen LogP contribution < -0.4 is 0 Å². The van der Waals surface area contributed by atoms with Crippen molar-refractivity contribution >= 4 is 30.8 Å². The van der Waals surface area contributed by atoms with Gasteiger partial charge in [0.25, 0.3) is 0 Å². The molecule has 27 heavy (non-hydrogen) atoms. The maximum absolute atomic E-state index is 12.7. The Morgan fingerprint density at radius 3 is 2.22 bits per heavy atom. The molecule has 1 aromatic carbocycles. The lowest BCUT2D eigenvalue weighted by molar-refractivity contribution is -0.145. The zero-order chi connectivity index (χ0) is 18.2. The summed E-state index contributed by atoms with van der Waals surface area (Å²) in [6.45, 7) is 3.41. The first-order chi connectivity index (χ1) is 11.7. The highest BCUT2D eigenvalue weighted by Gasteiger charge is 2.50. The van der Waals surface area contributed by atoms with E-state index in [1.165, 1.54) is 12.1 Å². The molecule has 0 aromatic heterocycles. The molecule has 3 rings (SSSR count). The first kappa shape index (κ1) is 24.0. The molecule has 1 atom stereocenters. The minimum absolute atomic E-state index is 0. The number of halogens is 5. The van der Waals surface area contributed by atoms with E-state index in [2.05, 4.69) is 9.80 Å². The summed E-state index contributed by atoms with van der Waals surface area (Å²) >= 11 is 0. The fourth-order valence-electron chi connectivity index (χ4n) is 4.16. The molecule has 0 aliphatic carbocycles. The predicted octanol–water partition coefficient (Wildman–Crippen LogP) is 3.78. The number of carbonyl (C=O) groups is 1. The van der Waals surface area contributed by atoms with Gasteiger partial charge < -0.3 is 10.0 Å². The Bertz CT molecular complexity index is 632. The molecule has 1 aromatic rings. The third kappa shape index (κ3) is 5.28. The monoisotopic (exact) mass is 428 g/mol. The number of benzene rings is 1. The summed E-state index contributed by atoms with van der Waals surface area (Å²) in [5, 5.41) is 9.64. The van der Waals surface area contributed by atoms with E-state index < -0.39 is 23.6 Å². The van der Waals surface area contributed by atoms with Crippen LogP contribution in [0.3, 0.4) is 0 Å². The topological polar surface area (TPSA) is 43.8 Å². The first-order valence-corrected chi connectivity index (χ1v) is 8.49. The highest BCUT2D eigenvalue weighted by molar-refractivity contribution is 5.85. The van der Waals surface area contributed by atoms with Crippen molar-refractivity contribution in [3.05, 3.63) is 35.4 Å². The third-order valence-electron chi connectivity index (χ3n) is 5.69. The molecule has 0 bridgehead atoms. The number of piperidine rings is 1. The molecule has 0 radical (unpaired) electrons. The molecule has 2 heterocycles. The van der Waals surface area contributed by atoms with Crippen LogP contribution in [-0.2, 0) is 17.5 Å². The van der Waals surface area contributed by atoms with Gasteiger partial charge in [0.05, 0.1) is 11.5 Å². The number of alkyl halides is 3. The van der Waals surface area contributed by atoms with Crippen LogP contribution >= 0.6 is 24.8 Å². The summed E-state index contributed by atoms with van der Waals surface area (Å²) in [5.74, 6) is -1.17. The second-order valence-electron chi connectivity index (χ2n) is 7.42. The Morgan fingerprint density at radius 2 is 1.74 bits per heavy atom. The molecule has 2 aliphatic heterocycles. The second kappa shape index (κ2) is 8.99. The van der Waals surface area contributed by atoms with E-state index in [-0.39, 0.29) is 30.2 Å². The molecule has 9 heteroatoms. The van der Waals surface area contributed by atoms with Gasteiger partial charge in [0.15, 0.2) is 0 Å².